The molecule has 1 heterocycles. The van der Waals surface area contributed by atoms with E-state index < -0.39 is 0 Å². The Hall–Kier alpha value is -1.35. The first kappa shape index (κ1) is 15.5. The van der Waals surface area contributed by atoms with Gasteiger partial charge >= 0.3 is 0 Å². The lowest BCUT2D eigenvalue weighted by Gasteiger charge is -2.41. The molecule has 0 spiro atoms. The summed E-state index contributed by atoms with van der Waals surface area (Å²) in [5.74, 6) is 0.778. The normalized spacial score (nSPS) is 21.8. The van der Waals surface area contributed by atoms with Gasteiger partial charge in [-0.15, -0.1) is 0 Å². The first-order valence-corrected chi connectivity index (χ1v) is 8.63. The Morgan fingerprint density at radius 2 is 1.95 bits per heavy atom. The molecular formula is C19H28N2O. The van der Waals surface area contributed by atoms with Gasteiger partial charge in [0.05, 0.1) is 0 Å². The average Bonchev–Trinajstić information content (AvgIpc) is 3.32. The summed E-state index contributed by atoms with van der Waals surface area (Å²) in [6.45, 7) is 8.80. The van der Waals surface area contributed by atoms with Gasteiger partial charge in [0.25, 0.3) is 5.91 Å². The highest BCUT2D eigenvalue weighted by molar-refractivity contribution is 5.94. The van der Waals surface area contributed by atoms with Gasteiger partial charge in [-0.05, 0) is 70.1 Å². The molecule has 1 aliphatic heterocycles. The van der Waals surface area contributed by atoms with Gasteiger partial charge in [-0.3, -0.25) is 4.79 Å². The van der Waals surface area contributed by atoms with E-state index in [9.17, 15) is 4.79 Å². The zero-order valence-electron chi connectivity index (χ0n) is 14.1. The van der Waals surface area contributed by atoms with Crippen LogP contribution in [-0.4, -0.2) is 35.5 Å². The highest BCUT2D eigenvalue weighted by Crippen LogP contribution is 2.40. The van der Waals surface area contributed by atoms with Crippen LogP contribution in [0, 0.1) is 0 Å². The number of amides is 1. The minimum atomic E-state index is -0.0714. The molecule has 3 heteroatoms. The molecule has 3 nitrogen and oxygen atoms in total. The van der Waals surface area contributed by atoms with Crippen molar-refractivity contribution < 1.29 is 4.79 Å². The zero-order valence-corrected chi connectivity index (χ0v) is 14.1. The van der Waals surface area contributed by atoms with Crippen molar-refractivity contribution in [2.24, 2.45) is 0 Å². The van der Waals surface area contributed by atoms with Crippen molar-refractivity contribution in [2.75, 3.05) is 13.1 Å². The van der Waals surface area contributed by atoms with E-state index in [4.69, 9.17) is 0 Å². The lowest BCUT2D eigenvalue weighted by molar-refractivity contribution is 0.0801. The number of nitrogens with one attached hydrogen (secondary N) is 1. The maximum atomic E-state index is 12.6. The fourth-order valence-corrected chi connectivity index (χ4v) is 3.36. The smallest absolute Gasteiger partial charge is 0.251 e. The number of rotatable bonds is 4. The lowest BCUT2D eigenvalue weighted by atomic mass is 9.88. The average molecular weight is 300 g/mol. The summed E-state index contributed by atoms with van der Waals surface area (Å²) in [5, 5.41) is 3.29. The molecule has 1 aromatic carbocycles. The van der Waals surface area contributed by atoms with Gasteiger partial charge in [-0.2, -0.15) is 0 Å². The second kappa shape index (κ2) is 6.04. The first-order valence-electron chi connectivity index (χ1n) is 8.63. The largest absolute Gasteiger partial charge is 0.347 e. The quantitative estimate of drug-likeness (QED) is 0.922. The van der Waals surface area contributed by atoms with Gasteiger partial charge in [0.2, 0.25) is 0 Å². The molecule has 0 aromatic heterocycles. The fourth-order valence-electron chi connectivity index (χ4n) is 3.36. The third kappa shape index (κ3) is 3.52. The van der Waals surface area contributed by atoms with Crippen molar-refractivity contribution in [2.45, 2.75) is 64.0 Å². The molecule has 1 saturated carbocycles. The van der Waals surface area contributed by atoms with Crippen LogP contribution in [0.3, 0.4) is 0 Å². The van der Waals surface area contributed by atoms with E-state index in [0.717, 1.165) is 31.5 Å². The predicted molar refractivity (Wildman–Crippen MR) is 90.2 cm³/mol. The zero-order chi connectivity index (χ0) is 15.7. The number of nitrogens with zero attached hydrogens (tertiary/aromatic N) is 1. The van der Waals surface area contributed by atoms with Crippen LogP contribution in [0.4, 0.5) is 0 Å². The molecule has 22 heavy (non-hydrogen) atoms. The van der Waals surface area contributed by atoms with E-state index >= 15 is 0 Å². The number of carbonyl (C=O) groups is 1. The van der Waals surface area contributed by atoms with E-state index in [1.807, 2.05) is 12.1 Å². The van der Waals surface area contributed by atoms with Gasteiger partial charge in [-0.1, -0.05) is 12.1 Å². The van der Waals surface area contributed by atoms with Crippen molar-refractivity contribution in [3.63, 3.8) is 0 Å². The second-order valence-electron chi connectivity index (χ2n) is 7.54. The standard InChI is InChI=1S/C19H28N2O/c1-14(2)21-11-9-19(3,10-12-21)20-18(22)17-6-4-5-16(13-17)15-7-8-15/h4-6,13-15H,7-12H2,1-3H3,(H,20,22). The van der Waals surface area contributed by atoms with E-state index in [-0.39, 0.29) is 11.4 Å². The summed E-state index contributed by atoms with van der Waals surface area (Å²) < 4.78 is 0. The lowest BCUT2D eigenvalue weighted by Crippen LogP contribution is -2.54. The van der Waals surface area contributed by atoms with Crippen LogP contribution >= 0.6 is 0 Å². The minimum absolute atomic E-state index is 0.0714. The molecule has 1 saturated heterocycles. The topological polar surface area (TPSA) is 32.3 Å². The maximum absolute atomic E-state index is 12.6. The van der Waals surface area contributed by atoms with Gasteiger partial charge in [0.1, 0.15) is 0 Å². The Kier molecular flexibility index (Phi) is 4.26. The Morgan fingerprint density at radius 3 is 2.55 bits per heavy atom. The molecular weight excluding hydrogens is 272 g/mol. The number of piperidine rings is 1. The Balaban J connectivity index is 1.62. The fraction of sp³-hybridized carbons (Fsp3) is 0.632. The van der Waals surface area contributed by atoms with Crippen LogP contribution in [0.1, 0.15) is 68.3 Å². The summed E-state index contributed by atoms with van der Waals surface area (Å²) in [4.78, 5) is 15.1. The predicted octanol–water partition coefficient (Wildman–Crippen LogP) is 3.56. The van der Waals surface area contributed by atoms with Crippen molar-refractivity contribution in [3.8, 4) is 0 Å². The molecule has 0 unspecified atom stereocenters. The molecule has 0 bridgehead atoms. The highest BCUT2D eigenvalue weighted by atomic mass is 16.1. The van der Waals surface area contributed by atoms with E-state index in [1.165, 1.54) is 18.4 Å². The van der Waals surface area contributed by atoms with Crippen LogP contribution in [0.5, 0.6) is 0 Å². The highest BCUT2D eigenvalue weighted by Gasteiger charge is 2.32. The summed E-state index contributed by atoms with van der Waals surface area (Å²) in [6, 6.07) is 8.78. The first-order chi connectivity index (χ1) is 10.5. The van der Waals surface area contributed by atoms with Gasteiger partial charge in [-0.25, -0.2) is 0 Å². The van der Waals surface area contributed by atoms with E-state index in [1.54, 1.807) is 0 Å². The Labute approximate surface area is 134 Å². The molecule has 1 aliphatic carbocycles. The molecule has 2 fully saturated rings. The van der Waals surface area contributed by atoms with Crippen molar-refractivity contribution >= 4 is 5.91 Å². The number of benzene rings is 1. The summed E-state index contributed by atoms with van der Waals surface area (Å²) in [5.41, 5.74) is 2.07. The van der Waals surface area contributed by atoms with Crippen LogP contribution in [0.25, 0.3) is 0 Å². The molecule has 1 amide bonds. The molecule has 0 radical (unpaired) electrons. The van der Waals surface area contributed by atoms with E-state index in [0.29, 0.717) is 12.0 Å². The van der Waals surface area contributed by atoms with Crippen LogP contribution in [-0.2, 0) is 0 Å². The number of likely N-dealkylation sites (tertiary alicyclic amines) is 1. The summed E-state index contributed by atoms with van der Waals surface area (Å²) in [6.07, 6.45) is 4.60. The maximum Gasteiger partial charge on any atom is 0.251 e. The van der Waals surface area contributed by atoms with Crippen LogP contribution in [0.2, 0.25) is 0 Å². The van der Waals surface area contributed by atoms with Gasteiger partial charge < -0.3 is 10.2 Å². The summed E-state index contributed by atoms with van der Waals surface area (Å²) >= 11 is 0. The summed E-state index contributed by atoms with van der Waals surface area (Å²) in [7, 11) is 0. The molecule has 3 rings (SSSR count). The van der Waals surface area contributed by atoms with Crippen molar-refractivity contribution in [1.82, 2.24) is 10.2 Å². The minimum Gasteiger partial charge on any atom is -0.347 e. The number of hydrogen-bond acceptors (Lipinski definition) is 2. The molecule has 2 aliphatic rings. The van der Waals surface area contributed by atoms with Crippen molar-refractivity contribution in [1.29, 1.82) is 0 Å². The van der Waals surface area contributed by atoms with E-state index in [2.05, 4.69) is 43.1 Å². The molecule has 120 valence electrons. The third-order valence-corrected chi connectivity index (χ3v) is 5.24. The molecule has 1 N–H and O–H groups in total. The van der Waals surface area contributed by atoms with Crippen LogP contribution in [0.15, 0.2) is 24.3 Å². The number of carbonyl (C=O) groups excluding carboxylic acids is 1. The Bertz CT molecular complexity index is 540. The van der Waals surface area contributed by atoms with Gasteiger partial charge in [0.15, 0.2) is 0 Å². The SMILES string of the molecule is CC(C)N1CCC(C)(NC(=O)c2cccc(C3CC3)c2)CC1. The monoisotopic (exact) mass is 300 g/mol. The third-order valence-electron chi connectivity index (χ3n) is 5.24. The Morgan fingerprint density at radius 1 is 1.27 bits per heavy atom. The number of hydrogen-bond donors (Lipinski definition) is 1. The van der Waals surface area contributed by atoms with Gasteiger partial charge in [0, 0.05) is 30.2 Å². The molecule has 0 atom stereocenters. The van der Waals surface area contributed by atoms with Crippen LogP contribution < -0.4 is 5.32 Å². The molecule has 1 aromatic rings. The van der Waals surface area contributed by atoms with Crippen molar-refractivity contribution in [3.05, 3.63) is 35.4 Å². The second-order valence-corrected chi connectivity index (χ2v) is 7.54.